The Hall–Kier alpha value is -8.38. The third-order valence-corrected chi connectivity index (χ3v) is 24.6. The van der Waals surface area contributed by atoms with Crippen LogP contribution in [0.25, 0.3) is 33.8 Å². The number of unbranched alkanes of at least 4 members (excludes halogenated alkanes) is 7. The molecule has 3 aliphatic rings. The van der Waals surface area contributed by atoms with Crippen LogP contribution in [0.2, 0.25) is 0 Å². The van der Waals surface area contributed by atoms with Gasteiger partial charge in [0.2, 0.25) is 11.8 Å². The lowest BCUT2D eigenvalue weighted by Gasteiger charge is -2.41. The molecule has 3 saturated carbocycles. The van der Waals surface area contributed by atoms with E-state index >= 15 is 0 Å². The number of aliphatic hydroxyl groups excluding tert-OH is 6. The summed E-state index contributed by atoms with van der Waals surface area (Å²) in [5.41, 5.74) is 3.85. The van der Waals surface area contributed by atoms with Gasteiger partial charge < -0.3 is 83.9 Å². The van der Waals surface area contributed by atoms with Gasteiger partial charge in [-0.25, -0.2) is 0 Å². The number of aromatic nitrogens is 9. The van der Waals surface area contributed by atoms with Gasteiger partial charge in [0.15, 0.2) is 0 Å². The number of hydrogen-bond donors (Lipinski definition) is 8. The first-order chi connectivity index (χ1) is 60.4. The van der Waals surface area contributed by atoms with Crippen LogP contribution in [0.5, 0.6) is 17.2 Å². The second-order valence-corrected chi connectivity index (χ2v) is 34.8. The number of carbonyl (C=O) groups excluding carboxylic acids is 6. The van der Waals surface area contributed by atoms with Gasteiger partial charge in [-0.1, -0.05) is 92.6 Å². The quantitative estimate of drug-likeness (QED) is 0.0165. The number of hydrogen-bond acceptors (Lipinski definition) is 27. The Balaban J connectivity index is 0.616. The van der Waals surface area contributed by atoms with Crippen LogP contribution in [0.15, 0.2) is 91.4 Å². The predicted octanol–water partition coefficient (Wildman–Crippen LogP) is 9.71. The summed E-state index contributed by atoms with van der Waals surface area (Å²) in [4.78, 5) is 77.5. The van der Waals surface area contributed by atoms with E-state index in [0.29, 0.717) is 222 Å². The van der Waals surface area contributed by atoms with Crippen LogP contribution < -0.4 is 24.8 Å². The Morgan fingerprint density at radius 3 is 1.00 bits per heavy atom. The molecule has 3 aromatic carbocycles. The zero-order valence-corrected chi connectivity index (χ0v) is 74.4. The minimum absolute atomic E-state index is 0.0528. The van der Waals surface area contributed by atoms with E-state index in [9.17, 15) is 59.4 Å². The van der Waals surface area contributed by atoms with Crippen molar-refractivity contribution < 1.29 is 102 Å². The molecule has 32 heteroatoms. The molecule has 0 aliphatic heterocycles. The molecule has 3 aliphatic carbocycles. The maximum Gasteiger partial charge on any atom is 0.222 e. The number of ketones is 4. The molecular weight excluding hydrogens is 1610 g/mol. The number of Topliss-reactive ketones (excluding diaryl/α,β-unsaturated/α-hetero) is 4. The van der Waals surface area contributed by atoms with Crippen LogP contribution in [-0.2, 0) is 76.8 Å². The highest BCUT2D eigenvalue weighted by Crippen LogP contribution is 2.38. The van der Waals surface area contributed by atoms with Crippen molar-refractivity contribution in [1.29, 1.82) is 0 Å². The molecule has 0 saturated heterocycles. The molecule has 15 atom stereocenters. The molecular formula is C93H139N11O21. The molecule has 15 unspecified atom stereocenters. The van der Waals surface area contributed by atoms with Crippen LogP contribution in [0.3, 0.4) is 0 Å². The maximum absolute atomic E-state index is 13.0. The summed E-state index contributed by atoms with van der Waals surface area (Å²) in [6.07, 6.45) is 12.2. The number of benzene rings is 3. The van der Waals surface area contributed by atoms with Gasteiger partial charge in [-0.3, -0.25) is 42.8 Å². The number of nitrogens with one attached hydrogen (secondary N) is 2. The van der Waals surface area contributed by atoms with Gasteiger partial charge in [0, 0.05) is 174 Å². The summed E-state index contributed by atoms with van der Waals surface area (Å²) in [7, 11) is 4.81. The highest BCUT2D eigenvalue weighted by Gasteiger charge is 2.45. The van der Waals surface area contributed by atoms with Crippen molar-refractivity contribution >= 4 is 34.9 Å². The fraction of sp³-hybridized carbons (Fsp3) is 0.677. The average molecular weight is 1750 g/mol. The highest BCUT2D eigenvalue weighted by atomic mass is 16.5. The smallest absolute Gasteiger partial charge is 0.222 e. The molecule has 8 N–H and O–H groups in total. The Morgan fingerprint density at radius 2 is 0.672 bits per heavy atom. The third kappa shape index (κ3) is 33.6. The van der Waals surface area contributed by atoms with Crippen LogP contribution in [0.1, 0.15) is 195 Å². The number of ether oxygens (including phenoxy) is 9. The normalized spacial score (nSPS) is 23.1. The van der Waals surface area contributed by atoms with Gasteiger partial charge in [-0.15, -0.1) is 15.3 Å². The summed E-state index contributed by atoms with van der Waals surface area (Å²) in [5, 5.41) is 97.6. The monoisotopic (exact) mass is 1750 g/mol. The predicted molar refractivity (Wildman–Crippen MR) is 466 cm³/mol. The zero-order valence-electron chi connectivity index (χ0n) is 74.4. The van der Waals surface area contributed by atoms with Gasteiger partial charge in [0.1, 0.15) is 57.5 Å². The summed E-state index contributed by atoms with van der Waals surface area (Å²) < 4.78 is 58.1. The lowest BCUT2D eigenvalue weighted by Crippen LogP contribution is -2.51. The standard InChI is InChI=1S/C93H139N11O21/c1-63-82(51-69(90(114)87(63)111)54-102-57-79(96-99-102)66-24-20-33-76(48-66)117-5)123-42-17-14-31-72(105)27-10-8-12-29-74(107)37-45-120-60-93(4,61-121-46-38-75(108)30-13-9-11-28-73(106)32-15-18-43-124-83-52-70(91(115)88(112)64(83)2)55-103-58-80(97-100-103)67-25-21-34-77(49-67)118-6)62-122-47-39-86(110)95-41-23-40-94-85(109)36-16-19-44-125-84-53-71(92(116)89(113)65(84)3)56-104-59-81(98-101-104)68-26-22-35-78(50-68)119-7/h20-22,24-26,33-35,48-50,57-59,63-65,69-71,82-84,87-92,111-116H,8-19,23,27-32,36-47,51-56,60-62H2,1-7H3,(H,94,109)(H,95,110). The Bertz CT molecular complexity index is 3790. The van der Waals surface area contributed by atoms with E-state index < -0.39 is 42.0 Å². The van der Waals surface area contributed by atoms with Crippen LogP contribution in [0.4, 0.5) is 0 Å². The van der Waals surface area contributed by atoms with Gasteiger partial charge in [-0.05, 0) is 126 Å². The van der Waals surface area contributed by atoms with Crippen LogP contribution in [-0.4, -0.2) is 259 Å². The molecule has 3 heterocycles. The lowest BCUT2D eigenvalue weighted by atomic mass is 9.76. The number of nitrogens with zero attached hydrogens (tertiary/aromatic N) is 9. The molecule has 692 valence electrons. The third-order valence-electron chi connectivity index (χ3n) is 24.6. The largest absolute Gasteiger partial charge is 0.497 e. The van der Waals surface area contributed by atoms with E-state index in [1.165, 1.54) is 0 Å². The Labute approximate surface area is 735 Å². The minimum atomic E-state index is -0.978. The van der Waals surface area contributed by atoms with E-state index in [1.54, 1.807) is 35.4 Å². The second kappa shape index (κ2) is 53.4. The second-order valence-electron chi connectivity index (χ2n) is 34.8. The first kappa shape index (κ1) is 100. The van der Waals surface area contributed by atoms with Crippen molar-refractivity contribution in [3.8, 4) is 51.0 Å². The van der Waals surface area contributed by atoms with Crippen molar-refractivity contribution in [3.05, 3.63) is 91.4 Å². The van der Waals surface area contributed by atoms with Crippen molar-refractivity contribution in [2.45, 2.75) is 269 Å². The molecule has 3 fully saturated rings. The topological polar surface area (TPSA) is 423 Å². The van der Waals surface area contributed by atoms with Crippen molar-refractivity contribution in [2.75, 3.05) is 93.9 Å². The molecule has 32 nitrogen and oxygen atoms in total. The number of amides is 2. The molecule has 2 amide bonds. The van der Waals surface area contributed by atoms with Gasteiger partial charge in [0.25, 0.3) is 0 Å². The molecule has 125 heavy (non-hydrogen) atoms. The molecule has 0 bridgehead atoms. The van der Waals surface area contributed by atoms with E-state index in [4.69, 9.17) is 42.6 Å². The Kier molecular flexibility index (Phi) is 42.9. The van der Waals surface area contributed by atoms with Crippen molar-refractivity contribution in [1.82, 2.24) is 55.6 Å². The van der Waals surface area contributed by atoms with Crippen LogP contribution in [0, 0.1) is 40.9 Å². The fourth-order valence-electron chi connectivity index (χ4n) is 16.6. The summed E-state index contributed by atoms with van der Waals surface area (Å²) in [6.45, 7) is 11.6. The summed E-state index contributed by atoms with van der Waals surface area (Å²) in [5.74, 6) is 0.430. The number of aliphatic hydroxyl groups is 6. The number of methoxy groups -OCH3 is 3. The fourth-order valence-corrected chi connectivity index (χ4v) is 16.6. The summed E-state index contributed by atoms with van der Waals surface area (Å²) >= 11 is 0. The van der Waals surface area contributed by atoms with E-state index in [0.717, 1.165) is 29.5 Å². The van der Waals surface area contributed by atoms with Gasteiger partial charge >= 0.3 is 0 Å². The molecule has 9 rings (SSSR count). The van der Waals surface area contributed by atoms with E-state index in [2.05, 4.69) is 41.6 Å². The first-order valence-electron chi connectivity index (χ1n) is 45.3. The van der Waals surface area contributed by atoms with Crippen molar-refractivity contribution in [3.63, 3.8) is 0 Å². The SMILES string of the molecule is COc1cccc(-c2cn(CC3CC(OCCCCC(=O)CCCCCC(=O)CCOCC(C)(COCCC(=O)CCCCCC(=O)CCCCOC4CC(Cn5cc(-c6cccc(OC)c6)nn5)C(O)C(O)C4C)COCCC(=O)NCCCNC(=O)CCCCOC4CC(Cn5cc(-c6cccc(OC)c6)nn5)C(O)C(O)C4C)C(C)C(O)C3O)nn2)c1. The van der Waals surface area contributed by atoms with Gasteiger partial charge in [0.05, 0.1) is 134 Å². The van der Waals surface area contributed by atoms with E-state index in [-0.39, 0.29) is 148 Å². The molecule has 6 aromatic rings. The van der Waals surface area contributed by atoms with E-state index in [1.807, 2.05) is 119 Å². The molecule has 0 radical (unpaired) electrons. The molecule has 0 spiro atoms. The minimum Gasteiger partial charge on any atom is -0.497 e. The Morgan fingerprint density at radius 1 is 0.376 bits per heavy atom. The summed E-state index contributed by atoms with van der Waals surface area (Å²) in [6, 6.07) is 22.6. The first-order valence-corrected chi connectivity index (χ1v) is 45.3. The maximum atomic E-state index is 13.0. The number of rotatable bonds is 61. The highest BCUT2D eigenvalue weighted by molar-refractivity contribution is 5.80. The lowest BCUT2D eigenvalue weighted by molar-refractivity contribution is -0.140. The molecule has 3 aromatic heterocycles. The number of carbonyl (C=O) groups is 6. The van der Waals surface area contributed by atoms with Crippen molar-refractivity contribution in [2.24, 2.45) is 40.9 Å². The van der Waals surface area contributed by atoms with Gasteiger partial charge in [-0.2, -0.15) is 0 Å². The average Bonchev–Trinajstić information content (AvgIpc) is 1.81. The zero-order chi connectivity index (χ0) is 89.5. The van der Waals surface area contributed by atoms with Crippen LogP contribution >= 0.6 is 0 Å².